The minimum absolute atomic E-state index is 0.0591. The highest BCUT2D eigenvalue weighted by molar-refractivity contribution is 5.20. The third-order valence-electron chi connectivity index (χ3n) is 2.88. The summed E-state index contributed by atoms with van der Waals surface area (Å²) in [5.41, 5.74) is 0.729. The molecule has 1 rings (SSSR count). The summed E-state index contributed by atoms with van der Waals surface area (Å²) in [6, 6.07) is 6.95. The summed E-state index contributed by atoms with van der Waals surface area (Å²) in [6.45, 7) is 4.21. The maximum absolute atomic E-state index is 13.6. The van der Waals surface area contributed by atoms with Crippen molar-refractivity contribution in [2.24, 2.45) is 0 Å². The van der Waals surface area contributed by atoms with Gasteiger partial charge in [0.05, 0.1) is 6.54 Å². The number of likely N-dealkylation sites (N-methyl/N-ethyl adjacent to an activating group) is 1. The molecule has 17 heavy (non-hydrogen) atoms. The van der Waals surface area contributed by atoms with Crippen molar-refractivity contribution in [3.05, 3.63) is 35.6 Å². The van der Waals surface area contributed by atoms with Crippen LogP contribution in [0, 0.1) is 18.2 Å². The van der Waals surface area contributed by atoms with Gasteiger partial charge in [0.1, 0.15) is 5.82 Å². The van der Waals surface area contributed by atoms with E-state index < -0.39 is 0 Å². The van der Waals surface area contributed by atoms with Gasteiger partial charge >= 0.3 is 0 Å². The van der Waals surface area contributed by atoms with Crippen LogP contribution in [0.3, 0.4) is 0 Å². The van der Waals surface area contributed by atoms with E-state index in [4.69, 9.17) is 6.42 Å². The van der Waals surface area contributed by atoms with E-state index in [-0.39, 0.29) is 11.9 Å². The first-order chi connectivity index (χ1) is 8.16. The first kappa shape index (κ1) is 13.7. The van der Waals surface area contributed by atoms with Gasteiger partial charge in [-0.1, -0.05) is 24.1 Å². The molecule has 0 radical (unpaired) electrons. The van der Waals surface area contributed by atoms with Gasteiger partial charge in [-0.15, -0.1) is 6.42 Å². The van der Waals surface area contributed by atoms with E-state index in [2.05, 4.69) is 16.1 Å². The molecule has 0 saturated heterocycles. The summed E-state index contributed by atoms with van der Waals surface area (Å²) >= 11 is 0. The van der Waals surface area contributed by atoms with Crippen molar-refractivity contribution in [1.82, 2.24) is 10.2 Å². The highest BCUT2D eigenvalue weighted by atomic mass is 19.1. The lowest BCUT2D eigenvalue weighted by Gasteiger charge is -2.25. The molecule has 1 aromatic carbocycles. The molecule has 3 heteroatoms. The van der Waals surface area contributed by atoms with E-state index in [1.165, 1.54) is 6.07 Å². The lowest BCUT2D eigenvalue weighted by atomic mass is 10.1. The zero-order chi connectivity index (χ0) is 12.7. The Morgan fingerprint density at radius 2 is 2.18 bits per heavy atom. The number of hydrogen-bond donors (Lipinski definition) is 1. The van der Waals surface area contributed by atoms with E-state index >= 15 is 0 Å². The molecule has 0 aliphatic heterocycles. The molecular weight excluding hydrogens is 215 g/mol. The van der Waals surface area contributed by atoms with Crippen LogP contribution in [-0.2, 0) is 0 Å². The first-order valence-electron chi connectivity index (χ1n) is 5.75. The van der Waals surface area contributed by atoms with Gasteiger partial charge in [-0.05, 0) is 20.0 Å². The largest absolute Gasteiger partial charge is 0.305 e. The maximum atomic E-state index is 13.6. The number of rotatable bonds is 6. The molecular formula is C14H19FN2. The number of hydrogen-bond acceptors (Lipinski definition) is 2. The van der Waals surface area contributed by atoms with Crippen molar-refractivity contribution in [2.45, 2.75) is 13.0 Å². The molecule has 0 saturated carbocycles. The third-order valence-corrected chi connectivity index (χ3v) is 2.88. The van der Waals surface area contributed by atoms with E-state index in [1.54, 1.807) is 6.07 Å². The Balaban J connectivity index is 2.50. The van der Waals surface area contributed by atoms with Crippen molar-refractivity contribution in [2.75, 3.05) is 26.7 Å². The van der Waals surface area contributed by atoms with Crippen molar-refractivity contribution in [3.63, 3.8) is 0 Å². The van der Waals surface area contributed by atoms with Crippen molar-refractivity contribution in [3.8, 4) is 12.3 Å². The lowest BCUT2D eigenvalue weighted by Crippen LogP contribution is -2.31. The van der Waals surface area contributed by atoms with Crippen LogP contribution in [0.5, 0.6) is 0 Å². The average molecular weight is 234 g/mol. The van der Waals surface area contributed by atoms with Gasteiger partial charge in [0.2, 0.25) is 0 Å². The molecule has 0 aromatic heterocycles. The quantitative estimate of drug-likeness (QED) is 0.598. The van der Waals surface area contributed by atoms with Crippen LogP contribution in [0.2, 0.25) is 0 Å². The monoisotopic (exact) mass is 234 g/mol. The number of terminal acetylenes is 1. The Bertz CT molecular complexity index is 384. The first-order valence-corrected chi connectivity index (χ1v) is 5.75. The zero-order valence-corrected chi connectivity index (χ0v) is 10.4. The highest BCUT2D eigenvalue weighted by Gasteiger charge is 2.14. The molecule has 1 atom stereocenters. The predicted molar refractivity (Wildman–Crippen MR) is 69.1 cm³/mol. The van der Waals surface area contributed by atoms with Crippen LogP contribution in [0.4, 0.5) is 4.39 Å². The third kappa shape index (κ3) is 4.18. The SMILES string of the molecule is C#CCNCCN(C)C(C)c1ccccc1F. The second-order valence-electron chi connectivity index (χ2n) is 4.06. The van der Waals surface area contributed by atoms with Crippen molar-refractivity contribution in [1.29, 1.82) is 0 Å². The smallest absolute Gasteiger partial charge is 0.127 e. The molecule has 0 amide bonds. The molecule has 0 heterocycles. The minimum atomic E-state index is -0.150. The highest BCUT2D eigenvalue weighted by Crippen LogP contribution is 2.20. The lowest BCUT2D eigenvalue weighted by molar-refractivity contribution is 0.257. The summed E-state index contributed by atoms with van der Waals surface area (Å²) < 4.78 is 13.6. The molecule has 1 aromatic rings. The molecule has 0 fully saturated rings. The summed E-state index contributed by atoms with van der Waals surface area (Å²) in [5, 5.41) is 3.12. The van der Waals surface area contributed by atoms with Gasteiger partial charge in [0, 0.05) is 24.7 Å². The number of nitrogens with zero attached hydrogens (tertiary/aromatic N) is 1. The molecule has 1 N–H and O–H groups in total. The van der Waals surface area contributed by atoms with Gasteiger partial charge in [-0.2, -0.15) is 0 Å². The Hall–Kier alpha value is -1.37. The number of benzene rings is 1. The normalized spacial score (nSPS) is 12.4. The summed E-state index contributed by atoms with van der Waals surface area (Å²) in [7, 11) is 1.98. The summed E-state index contributed by atoms with van der Waals surface area (Å²) in [4.78, 5) is 2.10. The fourth-order valence-electron chi connectivity index (χ4n) is 1.66. The van der Waals surface area contributed by atoms with Crippen LogP contribution in [-0.4, -0.2) is 31.6 Å². The van der Waals surface area contributed by atoms with Gasteiger partial charge in [-0.3, -0.25) is 4.90 Å². The number of nitrogens with one attached hydrogen (secondary N) is 1. The minimum Gasteiger partial charge on any atom is -0.305 e. The topological polar surface area (TPSA) is 15.3 Å². The van der Waals surface area contributed by atoms with E-state index in [0.717, 1.165) is 18.7 Å². The molecule has 0 bridgehead atoms. The fourth-order valence-corrected chi connectivity index (χ4v) is 1.66. The van der Waals surface area contributed by atoms with Crippen LogP contribution in [0.15, 0.2) is 24.3 Å². The average Bonchev–Trinajstić information content (AvgIpc) is 2.34. The van der Waals surface area contributed by atoms with E-state index in [0.29, 0.717) is 6.54 Å². The molecule has 1 unspecified atom stereocenters. The zero-order valence-electron chi connectivity index (χ0n) is 10.4. The van der Waals surface area contributed by atoms with Crippen LogP contribution < -0.4 is 5.32 Å². The van der Waals surface area contributed by atoms with E-state index in [1.807, 2.05) is 26.1 Å². The van der Waals surface area contributed by atoms with Gasteiger partial charge in [0.25, 0.3) is 0 Å². The second kappa shape index (κ2) is 7.05. The molecule has 0 aliphatic carbocycles. The van der Waals surface area contributed by atoms with Gasteiger partial charge in [-0.25, -0.2) is 4.39 Å². The maximum Gasteiger partial charge on any atom is 0.127 e. The van der Waals surface area contributed by atoms with Crippen LogP contribution in [0.1, 0.15) is 18.5 Å². The standard InChI is InChI=1S/C14H19FN2/c1-4-9-16-10-11-17(3)12(2)13-7-5-6-8-14(13)15/h1,5-8,12,16H,9-11H2,2-3H3. The van der Waals surface area contributed by atoms with Crippen molar-refractivity contribution >= 4 is 0 Å². The predicted octanol–water partition coefficient (Wildman–Crippen LogP) is 2.04. The number of halogens is 1. The summed E-state index contributed by atoms with van der Waals surface area (Å²) in [6.07, 6.45) is 5.14. The molecule has 0 spiro atoms. The van der Waals surface area contributed by atoms with E-state index in [9.17, 15) is 4.39 Å². The molecule has 0 aliphatic rings. The Kier molecular flexibility index (Phi) is 5.68. The molecule has 92 valence electrons. The van der Waals surface area contributed by atoms with Crippen LogP contribution in [0.25, 0.3) is 0 Å². The molecule has 2 nitrogen and oxygen atoms in total. The summed E-state index contributed by atoms with van der Waals surface area (Å²) in [5.74, 6) is 2.37. The van der Waals surface area contributed by atoms with Crippen molar-refractivity contribution < 1.29 is 4.39 Å². The fraction of sp³-hybridized carbons (Fsp3) is 0.429. The second-order valence-corrected chi connectivity index (χ2v) is 4.06. The Morgan fingerprint density at radius 3 is 2.82 bits per heavy atom. The Morgan fingerprint density at radius 1 is 1.47 bits per heavy atom. The van der Waals surface area contributed by atoms with Gasteiger partial charge < -0.3 is 5.32 Å². The Labute approximate surface area is 103 Å². The van der Waals surface area contributed by atoms with Crippen LogP contribution >= 0.6 is 0 Å². The van der Waals surface area contributed by atoms with Gasteiger partial charge in [0.15, 0.2) is 0 Å².